The van der Waals surface area contributed by atoms with Gasteiger partial charge >= 0.3 is 0 Å². The van der Waals surface area contributed by atoms with Gasteiger partial charge in [-0.1, -0.05) is 0 Å². The third kappa shape index (κ3) is 2.12. The second-order valence-electron chi connectivity index (χ2n) is 2.86. The molecule has 1 heterocycles. The van der Waals surface area contributed by atoms with Crippen LogP contribution in [0.5, 0.6) is 0 Å². The number of imidazole rings is 1. The normalized spacial score (nSPS) is 13.5. The van der Waals surface area contributed by atoms with Gasteiger partial charge in [-0.15, -0.1) is 0 Å². The van der Waals surface area contributed by atoms with Gasteiger partial charge in [0.25, 0.3) is 0 Å². The summed E-state index contributed by atoms with van der Waals surface area (Å²) in [6.45, 7) is 2.74. The van der Waals surface area contributed by atoms with Crippen molar-refractivity contribution in [2.45, 2.75) is 25.9 Å². The highest BCUT2D eigenvalue weighted by Gasteiger charge is 2.23. The van der Waals surface area contributed by atoms with Crippen molar-refractivity contribution in [2.75, 3.05) is 14.2 Å². The first-order chi connectivity index (χ1) is 6.74. The van der Waals surface area contributed by atoms with Gasteiger partial charge in [0.15, 0.2) is 12.4 Å². The molecule has 0 radical (unpaired) electrons. The van der Waals surface area contributed by atoms with E-state index in [0.717, 1.165) is 6.54 Å². The number of ether oxygens (including phenoxy) is 2. The minimum atomic E-state index is -0.861. The molecule has 1 atom stereocenters. The van der Waals surface area contributed by atoms with Gasteiger partial charge < -0.3 is 19.1 Å². The van der Waals surface area contributed by atoms with Crippen LogP contribution < -0.4 is 0 Å². The van der Waals surface area contributed by atoms with Crippen LogP contribution in [0, 0.1) is 0 Å². The minimum Gasteiger partial charge on any atom is -0.380 e. The van der Waals surface area contributed by atoms with Crippen molar-refractivity contribution in [3.63, 3.8) is 0 Å². The zero-order chi connectivity index (χ0) is 10.6. The summed E-state index contributed by atoms with van der Waals surface area (Å²) in [6.07, 6.45) is 1.91. The van der Waals surface area contributed by atoms with Crippen LogP contribution in [0.1, 0.15) is 18.9 Å². The molecule has 0 aromatic carbocycles. The monoisotopic (exact) mass is 200 g/mol. The quantitative estimate of drug-likeness (QED) is 0.705. The summed E-state index contributed by atoms with van der Waals surface area (Å²) in [4.78, 5) is 4.06. The Morgan fingerprint density at radius 2 is 2.14 bits per heavy atom. The van der Waals surface area contributed by atoms with E-state index >= 15 is 0 Å². The molecule has 1 rings (SSSR count). The molecule has 1 aromatic rings. The van der Waals surface area contributed by atoms with Crippen LogP contribution in [0.4, 0.5) is 0 Å². The van der Waals surface area contributed by atoms with Crippen LogP contribution in [0.3, 0.4) is 0 Å². The van der Waals surface area contributed by atoms with E-state index in [4.69, 9.17) is 9.47 Å². The summed E-state index contributed by atoms with van der Waals surface area (Å²) < 4.78 is 11.8. The lowest BCUT2D eigenvalue weighted by molar-refractivity contribution is -0.169. The van der Waals surface area contributed by atoms with Gasteiger partial charge in [0.05, 0.1) is 0 Å². The molecule has 0 aliphatic rings. The summed E-state index contributed by atoms with van der Waals surface area (Å²) in [5, 5.41) is 9.85. The predicted molar refractivity (Wildman–Crippen MR) is 50.7 cm³/mol. The standard InChI is InChI=1S/C9H16N2O3/c1-4-11-6-5-10-8(11)7(12)9(13-2)14-3/h5-7,9,12H,4H2,1-3H3. The second-order valence-corrected chi connectivity index (χ2v) is 2.86. The molecule has 0 fully saturated rings. The van der Waals surface area contributed by atoms with Crippen LogP contribution in [-0.4, -0.2) is 35.2 Å². The van der Waals surface area contributed by atoms with E-state index in [-0.39, 0.29) is 0 Å². The van der Waals surface area contributed by atoms with Gasteiger partial charge in [-0.3, -0.25) is 0 Å². The SMILES string of the molecule is CCn1ccnc1C(O)C(OC)OC. The maximum atomic E-state index is 9.85. The predicted octanol–water partition coefficient (Wildman–Crippen LogP) is 0.555. The fourth-order valence-electron chi connectivity index (χ4n) is 1.33. The van der Waals surface area contributed by atoms with E-state index in [2.05, 4.69) is 4.98 Å². The van der Waals surface area contributed by atoms with Gasteiger partial charge in [0.1, 0.15) is 5.82 Å². The Morgan fingerprint density at radius 3 is 2.64 bits per heavy atom. The molecule has 80 valence electrons. The molecular formula is C9H16N2O3. The Labute approximate surface area is 83.3 Å². The second kappa shape index (κ2) is 5.09. The molecule has 1 unspecified atom stereocenters. The Morgan fingerprint density at radius 1 is 1.50 bits per heavy atom. The third-order valence-corrected chi connectivity index (χ3v) is 2.08. The third-order valence-electron chi connectivity index (χ3n) is 2.08. The maximum Gasteiger partial charge on any atom is 0.190 e. The topological polar surface area (TPSA) is 56.5 Å². The highest BCUT2D eigenvalue weighted by atomic mass is 16.7. The molecule has 0 saturated carbocycles. The van der Waals surface area contributed by atoms with E-state index in [1.165, 1.54) is 14.2 Å². The summed E-state index contributed by atoms with van der Waals surface area (Å²) in [5.74, 6) is 0.557. The molecule has 5 heteroatoms. The van der Waals surface area contributed by atoms with Gasteiger partial charge in [-0.25, -0.2) is 4.98 Å². The average Bonchev–Trinajstić information content (AvgIpc) is 2.67. The molecule has 0 saturated heterocycles. The van der Waals surface area contributed by atoms with Gasteiger partial charge in [-0.2, -0.15) is 0 Å². The van der Waals surface area contributed by atoms with Crippen LogP contribution in [0.25, 0.3) is 0 Å². The molecular weight excluding hydrogens is 184 g/mol. The number of nitrogens with zero attached hydrogens (tertiary/aromatic N) is 2. The van der Waals surface area contributed by atoms with Crippen molar-refractivity contribution in [3.8, 4) is 0 Å². The first-order valence-corrected chi connectivity index (χ1v) is 4.49. The average molecular weight is 200 g/mol. The summed E-state index contributed by atoms with van der Waals surface area (Å²) in [6, 6.07) is 0. The maximum absolute atomic E-state index is 9.85. The van der Waals surface area contributed by atoms with Crippen LogP contribution in [0.2, 0.25) is 0 Å². The van der Waals surface area contributed by atoms with Crippen molar-refractivity contribution in [1.29, 1.82) is 0 Å². The molecule has 14 heavy (non-hydrogen) atoms. The zero-order valence-electron chi connectivity index (χ0n) is 8.67. The number of aliphatic hydroxyl groups excluding tert-OH is 1. The largest absolute Gasteiger partial charge is 0.380 e. The Bertz CT molecular complexity index is 271. The van der Waals surface area contributed by atoms with Crippen molar-refractivity contribution in [3.05, 3.63) is 18.2 Å². The molecule has 0 bridgehead atoms. The van der Waals surface area contributed by atoms with Crippen LogP contribution in [0.15, 0.2) is 12.4 Å². The molecule has 0 aliphatic carbocycles. The number of aliphatic hydroxyl groups is 1. The van der Waals surface area contributed by atoms with Crippen molar-refractivity contribution in [1.82, 2.24) is 9.55 Å². The molecule has 0 aliphatic heterocycles. The molecule has 0 spiro atoms. The number of methoxy groups -OCH3 is 2. The molecule has 5 nitrogen and oxygen atoms in total. The van der Waals surface area contributed by atoms with Crippen LogP contribution in [-0.2, 0) is 16.0 Å². The van der Waals surface area contributed by atoms with Crippen molar-refractivity contribution < 1.29 is 14.6 Å². The van der Waals surface area contributed by atoms with E-state index in [0.29, 0.717) is 5.82 Å². The molecule has 0 amide bonds. The minimum absolute atomic E-state index is 0.557. The fraction of sp³-hybridized carbons (Fsp3) is 0.667. The summed E-state index contributed by atoms with van der Waals surface area (Å²) in [7, 11) is 2.97. The van der Waals surface area contributed by atoms with E-state index in [1.807, 2.05) is 11.5 Å². The fourth-order valence-corrected chi connectivity index (χ4v) is 1.33. The Balaban J connectivity index is 2.81. The summed E-state index contributed by atoms with van der Waals surface area (Å²) >= 11 is 0. The lowest BCUT2D eigenvalue weighted by Crippen LogP contribution is -2.25. The molecule has 1 N–H and O–H groups in total. The number of hydrogen-bond acceptors (Lipinski definition) is 4. The number of rotatable bonds is 5. The van der Waals surface area contributed by atoms with Crippen molar-refractivity contribution >= 4 is 0 Å². The van der Waals surface area contributed by atoms with Crippen LogP contribution >= 0.6 is 0 Å². The van der Waals surface area contributed by atoms with E-state index in [1.54, 1.807) is 12.4 Å². The first kappa shape index (κ1) is 11.2. The lowest BCUT2D eigenvalue weighted by Gasteiger charge is -2.19. The molecule has 1 aromatic heterocycles. The first-order valence-electron chi connectivity index (χ1n) is 4.49. The highest BCUT2D eigenvalue weighted by Crippen LogP contribution is 2.17. The summed E-state index contributed by atoms with van der Waals surface area (Å²) in [5.41, 5.74) is 0. The smallest absolute Gasteiger partial charge is 0.190 e. The number of aromatic nitrogens is 2. The number of aryl methyl sites for hydroxylation is 1. The van der Waals surface area contributed by atoms with Gasteiger partial charge in [-0.05, 0) is 6.92 Å². The van der Waals surface area contributed by atoms with Crippen molar-refractivity contribution in [2.24, 2.45) is 0 Å². The van der Waals surface area contributed by atoms with Gasteiger partial charge in [0, 0.05) is 33.2 Å². The lowest BCUT2D eigenvalue weighted by atomic mass is 10.3. The zero-order valence-corrected chi connectivity index (χ0v) is 8.67. The Hall–Kier alpha value is -0.910. The van der Waals surface area contributed by atoms with Gasteiger partial charge in [0.2, 0.25) is 0 Å². The highest BCUT2D eigenvalue weighted by molar-refractivity contribution is 4.97. The van der Waals surface area contributed by atoms with E-state index in [9.17, 15) is 5.11 Å². The van der Waals surface area contributed by atoms with E-state index < -0.39 is 12.4 Å². The Kier molecular flexibility index (Phi) is 4.06. The number of hydrogen-bond donors (Lipinski definition) is 1.